The van der Waals surface area contributed by atoms with E-state index in [2.05, 4.69) is 32.0 Å². The second kappa shape index (κ2) is 36.0. The Morgan fingerprint density at radius 2 is 1.42 bits per heavy atom. The highest BCUT2D eigenvalue weighted by atomic mass is 32.2. The highest BCUT2D eigenvalue weighted by molar-refractivity contribution is 8.06. The molecule has 0 atom stereocenters. The van der Waals surface area contributed by atoms with Crippen molar-refractivity contribution in [3.63, 3.8) is 0 Å². The number of nitrogens with one attached hydrogen (secondary N) is 1. The number of hydrogen-bond donors (Lipinski definition) is 2. The molecule has 1 aliphatic carbocycles. The molecule has 4 nitrogen and oxygen atoms in total. The highest BCUT2D eigenvalue weighted by Crippen LogP contribution is 2.33. The monoisotopic (exact) mass is 410 g/mol. The maximum Gasteiger partial charge on any atom is 0.191 e. The molecule has 0 aromatic heterocycles. The molecule has 0 aliphatic heterocycles. The Bertz CT molecular complexity index is 248. The van der Waals surface area contributed by atoms with Crippen LogP contribution in [0.15, 0.2) is 24.3 Å². The number of hydroxylamine groups is 1. The van der Waals surface area contributed by atoms with Crippen molar-refractivity contribution in [2.75, 3.05) is 14.1 Å². The zero-order valence-corrected chi connectivity index (χ0v) is 20.3. The minimum atomic E-state index is 0.657. The first-order chi connectivity index (χ1) is 12.7. The van der Waals surface area contributed by atoms with Gasteiger partial charge in [-0.3, -0.25) is 0 Å². The summed E-state index contributed by atoms with van der Waals surface area (Å²) in [6.45, 7) is 14.6. The second-order valence-electron chi connectivity index (χ2n) is 5.16. The lowest BCUT2D eigenvalue weighted by molar-refractivity contribution is 0.256. The van der Waals surface area contributed by atoms with E-state index in [1.54, 1.807) is 7.05 Å². The predicted molar refractivity (Wildman–Crippen MR) is 125 cm³/mol. The van der Waals surface area contributed by atoms with Crippen LogP contribution in [0.4, 0.5) is 0 Å². The van der Waals surface area contributed by atoms with Crippen LogP contribution >= 0.6 is 24.4 Å². The van der Waals surface area contributed by atoms with E-state index in [9.17, 15) is 0 Å². The molecule has 1 fully saturated rings. The van der Waals surface area contributed by atoms with Gasteiger partial charge in [-0.05, 0) is 52.5 Å². The largest absolute Gasteiger partial charge is 0.333 e. The molecule has 1 rings (SSSR count). The summed E-state index contributed by atoms with van der Waals surface area (Å²) in [5.74, 6) is 0.901. The van der Waals surface area contributed by atoms with Crippen molar-refractivity contribution < 1.29 is 7.91 Å². The van der Waals surface area contributed by atoms with E-state index in [0.717, 1.165) is 18.2 Å². The van der Waals surface area contributed by atoms with E-state index in [1.165, 1.54) is 51.2 Å². The van der Waals surface area contributed by atoms with Gasteiger partial charge in [0.2, 0.25) is 0 Å². The van der Waals surface area contributed by atoms with Crippen molar-refractivity contribution in [3.8, 4) is 0 Å². The minimum absolute atomic E-state index is 0.657. The number of rotatable bonds is 6. The minimum Gasteiger partial charge on any atom is -0.333 e. The zero-order valence-electron chi connectivity index (χ0n) is 18.7. The molecule has 0 unspecified atom stereocenters. The standard InChI is InChI=1S/C8H17NO2S2.C6H10.C3H8.C2H6.CH5N/c1-7-3-5-8(6-4-7)12-11-13-10-9-2;1-3-5-6-4-2;1-3-2;2*1-2/h7-9H,3-6H2,1-2H3;3-6H,1-2H3;3H2,1-2H3;1-2H3;2H2,1H3/b;5-3-,6-4-;;;. The molecule has 1 saturated carbocycles. The summed E-state index contributed by atoms with van der Waals surface area (Å²) < 4.78 is 9.97. The normalized spacial score (nSPS) is 18.4. The Morgan fingerprint density at radius 1 is 1.00 bits per heavy atom. The Labute approximate surface area is 173 Å². The molecule has 0 spiro atoms. The van der Waals surface area contributed by atoms with Gasteiger partial charge in [-0.25, -0.2) is 7.91 Å². The summed E-state index contributed by atoms with van der Waals surface area (Å²) >= 11 is 2.54. The molecule has 3 N–H and O–H groups in total. The molecule has 160 valence electrons. The lowest BCUT2D eigenvalue weighted by Gasteiger charge is -2.24. The smallest absolute Gasteiger partial charge is 0.191 e. The maximum absolute atomic E-state index is 5.20. The SMILES string of the molecule is C/C=C\C=C/C.CC.CCC.CN.CNOSOSC1CCC(C)CC1. The molecular formula is C20H46N2O2S2. The van der Waals surface area contributed by atoms with Crippen molar-refractivity contribution in [2.24, 2.45) is 11.7 Å². The Morgan fingerprint density at radius 3 is 1.77 bits per heavy atom. The van der Waals surface area contributed by atoms with E-state index in [4.69, 9.17) is 7.91 Å². The average molecular weight is 411 g/mol. The summed E-state index contributed by atoms with van der Waals surface area (Å²) in [4.78, 5) is 0. The van der Waals surface area contributed by atoms with Gasteiger partial charge < -0.3 is 5.73 Å². The first-order valence-corrected chi connectivity index (χ1v) is 11.3. The molecule has 0 amide bonds. The highest BCUT2D eigenvalue weighted by Gasteiger charge is 2.19. The van der Waals surface area contributed by atoms with E-state index < -0.39 is 0 Å². The van der Waals surface area contributed by atoms with Gasteiger partial charge in [0.25, 0.3) is 0 Å². The fourth-order valence-corrected chi connectivity index (χ4v) is 2.88. The predicted octanol–water partition coefficient (Wildman–Crippen LogP) is 7.10. The third-order valence-corrected chi connectivity index (χ3v) is 4.29. The third kappa shape index (κ3) is 35.2. The topological polar surface area (TPSA) is 56.5 Å². The summed E-state index contributed by atoms with van der Waals surface area (Å²) in [6.07, 6.45) is 14.5. The molecule has 26 heavy (non-hydrogen) atoms. The van der Waals surface area contributed by atoms with Crippen molar-refractivity contribution in [2.45, 2.75) is 85.8 Å². The van der Waals surface area contributed by atoms with Crippen LogP contribution in [0.2, 0.25) is 0 Å². The van der Waals surface area contributed by atoms with Crippen LogP contribution in [0.1, 0.15) is 80.6 Å². The molecule has 6 heteroatoms. The van der Waals surface area contributed by atoms with Gasteiger partial charge in [-0.1, -0.05) is 65.3 Å². The average Bonchev–Trinajstić information content (AvgIpc) is 2.69. The van der Waals surface area contributed by atoms with Gasteiger partial charge >= 0.3 is 0 Å². The van der Waals surface area contributed by atoms with Gasteiger partial charge in [0.05, 0.1) is 0 Å². The van der Waals surface area contributed by atoms with Crippen LogP contribution in [0, 0.1) is 5.92 Å². The molecule has 0 saturated heterocycles. The molecule has 0 heterocycles. The van der Waals surface area contributed by atoms with E-state index in [0.29, 0.717) is 5.25 Å². The Hall–Kier alpha value is 0.0200. The van der Waals surface area contributed by atoms with Crippen molar-refractivity contribution in [1.29, 1.82) is 0 Å². The Balaban J connectivity index is -0.000000156. The van der Waals surface area contributed by atoms with Gasteiger partial charge in [0, 0.05) is 24.3 Å². The fourth-order valence-electron chi connectivity index (χ4n) is 1.67. The van der Waals surface area contributed by atoms with Crippen LogP contribution in [0.3, 0.4) is 0 Å². The number of hydrogen-bond acceptors (Lipinski definition) is 6. The molecular weight excluding hydrogens is 364 g/mol. The first kappa shape index (κ1) is 33.6. The van der Waals surface area contributed by atoms with Crippen LogP contribution in [0.5, 0.6) is 0 Å². The third-order valence-electron chi connectivity index (χ3n) is 2.78. The van der Waals surface area contributed by atoms with Crippen LogP contribution in [0.25, 0.3) is 0 Å². The zero-order chi connectivity index (χ0) is 21.1. The van der Waals surface area contributed by atoms with E-state index >= 15 is 0 Å². The van der Waals surface area contributed by atoms with Crippen molar-refractivity contribution in [3.05, 3.63) is 24.3 Å². The summed E-state index contributed by atoms with van der Waals surface area (Å²) in [7, 11) is 3.21. The second-order valence-corrected chi connectivity index (χ2v) is 6.87. The Kier molecular flexibility index (Phi) is 46.5. The van der Waals surface area contributed by atoms with Crippen molar-refractivity contribution in [1.82, 2.24) is 5.48 Å². The molecule has 0 bridgehead atoms. The first-order valence-electron chi connectivity index (χ1n) is 9.80. The van der Waals surface area contributed by atoms with Gasteiger partial charge in [0.1, 0.15) is 0 Å². The van der Waals surface area contributed by atoms with E-state index in [-0.39, 0.29) is 0 Å². The summed E-state index contributed by atoms with van der Waals surface area (Å²) in [5, 5.41) is 0.657. The van der Waals surface area contributed by atoms with Crippen LogP contribution in [-0.4, -0.2) is 19.3 Å². The van der Waals surface area contributed by atoms with E-state index in [1.807, 2.05) is 52.0 Å². The van der Waals surface area contributed by atoms with Crippen LogP contribution < -0.4 is 11.2 Å². The lowest BCUT2D eigenvalue weighted by Crippen LogP contribution is -2.13. The number of nitrogens with two attached hydrogens (primary N) is 1. The maximum atomic E-state index is 5.20. The summed E-state index contributed by atoms with van der Waals surface area (Å²) in [5.41, 5.74) is 7.04. The number of allylic oxidation sites excluding steroid dienone is 4. The molecule has 0 aromatic rings. The van der Waals surface area contributed by atoms with Gasteiger partial charge in [-0.15, -0.1) is 0 Å². The molecule has 0 radical (unpaired) electrons. The quantitative estimate of drug-likeness (QED) is 0.211. The molecule has 0 aromatic carbocycles. The van der Waals surface area contributed by atoms with Gasteiger partial charge in [0.15, 0.2) is 12.3 Å². The lowest BCUT2D eigenvalue weighted by atomic mass is 9.91. The molecule has 1 aliphatic rings. The fraction of sp³-hybridized carbons (Fsp3) is 0.800. The van der Waals surface area contributed by atoms with Gasteiger partial charge in [-0.2, -0.15) is 5.48 Å². The van der Waals surface area contributed by atoms with Crippen molar-refractivity contribution >= 4 is 24.4 Å². The van der Waals surface area contributed by atoms with Crippen LogP contribution in [-0.2, 0) is 7.91 Å². The summed E-state index contributed by atoms with van der Waals surface area (Å²) in [6, 6.07) is 0.